The highest BCUT2D eigenvalue weighted by molar-refractivity contribution is 5.85. The predicted octanol–water partition coefficient (Wildman–Crippen LogP) is 2.84. The third kappa shape index (κ3) is 1.91. The van der Waals surface area contributed by atoms with Gasteiger partial charge in [0.2, 0.25) is 0 Å². The molecule has 0 saturated heterocycles. The second-order valence-corrected chi connectivity index (χ2v) is 3.89. The summed E-state index contributed by atoms with van der Waals surface area (Å²) < 4.78 is 12.6. The summed E-state index contributed by atoms with van der Waals surface area (Å²) in [6, 6.07) is 6.68. The smallest absolute Gasteiger partial charge is 0.123 e. The van der Waals surface area contributed by atoms with Gasteiger partial charge in [-0.1, -0.05) is 19.1 Å². The van der Waals surface area contributed by atoms with Gasteiger partial charge in [-0.25, -0.2) is 4.39 Å². The Morgan fingerprint density at radius 2 is 2.00 bits per heavy atom. The largest absolute Gasteiger partial charge is 0.325 e. The van der Waals surface area contributed by atoms with Crippen molar-refractivity contribution in [2.75, 3.05) is 0 Å². The van der Waals surface area contributed by atoms with Gasteiger partial charge in [-0.05, 0) is 30.5 Å². The summed E-state index contributed by atoms with van der Waals surface area (Å²) in [5, 5.41) is 0. The maximum atomic E-state index is 12.6. The third-order valence-electron chi connectivity index (χ3n) is 3.05. The molecule has 0 spiro atoms. The Morgan fingerprint density at radius 1 is 1.43 bits per heavy atom. The first-order chi connectivity index (χ1) is 6.15. The van der Waals surface area contributed by atoms with Crippen molar-refractivity contribution in [1.29, 1.82) is 0 Å². The van der Waals surface area contributed by atoms with Crippen molar-refractivity contribution in [3.8, 4) is 0 Å². The van der Waals surface area contributed by atoms with Crippen molar-refractivity contribution in [1.82, 2.24) is 0 Å². The van der Waals surface area contributed by atoms with E-state index < -0.39 is 0 Å². The number of rotatable bonds is 2. The van der Waals surface area contributed by atoms with Crippen molar-refractivity contribution in [2.45, 2.75) is 31.2 Å². The quantitative estimate of drug-likeness (QED) is 0.807. The summed E-state index contributed by atoms with van der Waals surface area (Å²) in [6.07, 6.45) is 2.03. The van der Waals surface area contributed by atoms with Gasteiger partial charge in [0.15, 0.2) is 0 Å². The zero-order valence-corrected chi connectivity index (χ0v) is 8.98. The SMILES string of the molecule is CCC1(N)CC1c1ccc(F)cc1.Cl. The van der Waals surface area contributed by atoms with Crippen LogP contribution >= 0.6 is 12.4 Å². The van der Waals surface area contributed by atoms with Gasteiger partial charge < -0.3 is 5.73 Å². The monoisotopic (exact) mass is 215 g/mol. The number of hydrogen-bond acceptors (Lipinski definition) is 1. The van der Waals surface area contributed by atoms with Crippen LogP contribution in [0.5, 0.6) is 0 Å². The second-order valence-electron chi connectivity index (χ2n) is 3.89. The molecule has 1 aromatic rings. The van der Waals surface area contributed by atoms with E-state index in [-0.39, 0.29) is 23.8 Å². The van der Waals surface area contributed by atoms with Gasteiger partial charge in [-0.2, -0.15) is 0 Å². The minimum atomic E-state index is -0.177. The first-order valence-electron chi connectivity index (χ1n) is 4.70. The van der Waals surface area contributed by atoms with Gasteiger partial charge in [0.05, 0.1) is 0 Å². The molecule has 2 N–H and O–H groups in total. The fourth-order valence-corrected chi connectivity index (χ4v) is 1.86. The number of benzene rings is 1. The van der Waals surface area contributed by atoms with Gasteiger partial charge in [-0.3, -0.25) is 0 Å². The fraction of sp³-hybridized carbons (Fsp3) is 0.455. The number of hydrogen-bond donors (Lipinski definition) is 1. The van der Waals surface area contributed by atoms with Crippen LogP contribution in [-0.2, 0) is 0 Å². The van der Waals surface area contributed by atoms with E-state index in [1.807, 2.05) is 12.1 Å². The van der Waals surface area contributed by atoms with Gasteiger partial charge in [0.25, 0.3) is 0 Å². The molecule has 78 valence electrons. The molecule has 0 bridgehead atoms. The summed E-state index contributed by atoms with van der Waals surface area (Å²) in [6.45, 7) is 2.10. The molecule has 2 unspecified atom stereocenters. The summed E-state index contributed by atoms with van der Waals surface area (Å²) in [5.74, 6) is 0.265. The average molecular weight is 216 g/mol. The average Bonchev–Trinajstić information content (AvgIpc) is 2.81. The molecule has 1 aliphatic carbocycles. The van der Waals surface area contributed by atoms with Crippen LogP contribution in [0.3, 0.4) is 0 Å². The lowest BCUT2D eigenvalue weighted by atomic mass is 10.1. The van der Waals surface area contributed by atoms with Gasteiger partial charge in [0, 0.05) is 11.5 Å². The molecule has 0 radical (unpaired) electrons. The minimum absolute atomic E-state index is 0. The topological polar surface area (TPSA) is 26.0 Å². The van der Waals surface area contributed by atoms with Crippen molar-refractivity contribution in [3.05, 3.63) is 35.6 Å². The van der Waals surface area contributed by atoms with Crippen LogP contribution < -0.4 is 5.73 Å². The van der Waals surface area contributed by atoms with E-state index in [4.69, 9.17) is 5.73 Å². The molecule has 0 aromatic heterocycles. The molecular weight excluding hydrogens is 201 g/mol. The van der Waals surface area contributed by atoms with Crippen molar-refractivity contribution < 1.29 is 4.39 Å². The molecule has 14 heavy (non-hydrogen) atoms. The van der Waals surface area contributed by atoms with E-state index in [9.17, 15) is 4.39 Å². The van der Waals surface area contributed by atoms with E-state index in [0.717, 1.165) is 12.8 Å². The molecule has 0 aliphatic heterocycles. The summed E-state index contributed by atoms with van der Waals surface area (Å²) in [5.41, 5.74) is 7.22. The first kappa shape index (κ1) is 11.5. The van der Waals surface area contributed by atoms with Crippen molar-refractivity contribution in [3.63, 3.8) is 0 Å². The van der Waals surface area contributed by atoms with Crippen LogP contribution in [0.1, 0.15) is 31.2 Å². The van der Waals surface area contributed by atoms with Crippen LogP contribution in [0.2, 0.25) is 0 Å². The standard InChI is InChI=1S/C11H14FN.ClH/c1-2-11(13)7-10(11)8-3-5-9(12)6-4-8;/h3-6,10H,2,7,13H2,1H3;1H. The normalized spacial score (nSPS) is 29.5. The van der Waals surface area contributed by atoms with E-state index in [2.05, 4.69) is 6.92 Å². The minimum Gasteiger partial charge on any atom is -0.325 e. The van der Waals surface area contributed by atoms with E-state index in [0.29, 0.717) is 5.92 Å². The molecular formula is C11H15ClFN. The van der Waals surface area contributed by atoms with E-state index in [1.165, 1.54) is 17.7 Å². The summed E-state index contributed by atoms with van der Waals surface area (Å²) in [7, 11) is 0. The van der Waals surface area contributed by atoms with Crippen LogP contribution in [0.25, 0.3) is 0 Å². The fourth-order valence-electron chi connectivity index (χ4n) is 1.86. The van der Waals surface area contributed by atoms with Crippen LogP contribution in [-0.4, -0.2) is 5.54 Å². The van der Waals surface area contributed by atoms with E-state index >= 15 is 0 Å². The Balaban J connectivity index is 0.000000980. The molecule has 2 atom stereocenters. The molecule has 1 aromatic carbocycles. The Bertz CT molecular complexity index is 312. The molecule has 1 saturated carbocycles. The van der Waals surface area contributed by atoms with Crippen LogP contribution in [0.15, 0.2) is 24.3 Å². The Hall–Kier alpha value is -0.600. The molecule has 2 rings (SSSR count). The van der Waals surface area contributed by atoms with Crippen molar-refractivity contribution in [2.24, 2.45) is 5.73 Å². The second kappa shape index (κ2) is 3.87. The summed E-state index contributed by atoms with van der Waals surface area (Å²) in [4.78, 5) is 0. The Kier molecular flexibility index (Phi) is 3.17. The molecule has 0 heterocycles. The number of halogens is 2. The van der Waals surface area contributed by atoms with E-state index in [1.54, 1.807) is 0 Å². The van der Waals surface area contributed by atoms with Crippen LogP contribution in [0.4, 0.5) is 4.39 Å². The number of nitrogens with two attached hydrogens (primary N) is 1. The van der Waals surface area contributed by atoms with Crippen molar-refractivity contribution >= 4 is 12.4 Å². The highest BCUT2D eigenvalue weighted by atomic mass is 35.5. The lowest BCUT2D eigenvalue weighted by molar-refractivity contribution is 0.618. The Morgan fingerprint density at radius 3 is 2.43 bits per heavy atom. The lowest BCUT2D eigenvalue weighted by Gasteiger charge is -2.07. The van der Waals surface area contributed by atoms with Crippen LogP contribution in [0, 0.1) is 5.82 Å². The maximum absolute atomic E-state index is 12.6. The Labute approximate surface area is 89.9 Å². The molecule has 1 fully saturated rings. The predicted molar refractivity (Wildman–Crippen MR) is 58.2 cm³/mol. The third-order valence-corrected chi connectivity index (χ3v) is 3.05. The molecule has 0 amide bonds. The van der Waals surface area contributed by atoms with Gasteiger partial charge >= 0.3 is 0 Å². The highest BCUT2D eigenvalue weighted by Crippen LogP contribution is 2.51. The maximum Gasteiger partial charge on any atom is 0.123 e. The highest BCUT2D eigenvalue weighted by Gasteiger charge is 2.49. The van der Waals surface area contributed by atoms with Gasteiger partial charge in [0.1, 0.15) is 5.82 Å². The zero-order chi connectivity index (χ0) is 9.47. The molecule has 1 aliphatic rings. The molecule has 1 nitrogen and oxygen atoms in total. The molecule has 3 heteroatoms. The zero-order valence-electron chi connectivity index (χ0n) is 8.16. The van der Waals surface area contributed by atoms with Gasteiger partial charge in [-0.15, -0.1) is 12.4 Å². The summed E-state index contributed by atoms with van der Waals surface area (Å²) >= 11 is 0. The lowest BCUT2D eigenvalue weighted by Crippen LogP contribution is -2.22. The first-order valence-corrected chi connectivity index (χ1v) is 4.70.